The lowest BCUT2D eigenvalue weighted by atomic mass is 10.1. The molecule has 0 spiro atoms. The summed E-state index contributed by atoms with van der Waals surface area (Å²) in [6, 6.07) is 0. The Morgan fingerprint density at radius 3 is 3.00 bits per heavy atom. The van der Waals surface area contributed by atoms with Crippen molar-refractivity contribution in [3.63, 3.8) is 0 Å². The predicted molar refractivity (Wildman–Crippen MR) is 44.4 cm³/mol. The number of hydrogen-bond donors (Lipinski definition) is 0. The molecule has 1 heterocycles. The minimum atomic E-state index is -0.209. The Morgan fingerprint density at radius 1 is 1.60 bits per heavy atom. The molecule has 1 rings (SSSR count). The van der Waals surface area contributed by atoms with Crippen LogP contribution in [0.3, 0.4) is 0 Å². The van der Waals surface area contributed by atoms with Gasteiger partial charge in [0.15, 0.2) is 0 Å². The van der Waals surface area contributed by atoms with E-state index in [-0.39, 0.29) is 6.67 Å². The lowest BCUT2D eigenvalue weighted by molar-refractivity contribution is 0.217. The molecular weight excluding hydrogens is 197 g/mol. The average molecular weight is 210 g/mol. The second kappa shape index (κ2) is 4.29. The first-order valence-electron chi connectivity index (χ1n) is 3.75. The molecule has 60 valence electrons. The standard InChI is InChI=1S/C7H13BrFN/c8-7-2-1-4-10(6-7)5-3-9/h7H,1-6H2. The van der Waals surface area contributed by atoms with Gasteiger partial charge in [-0.05, 0) is 19.4 Å². The molecular formula is C7H13BrFN. The van der Waals surface area contributed by atoms with Crippen LogP contribution in [0.2, 0.25) is 0 Å². The highest BCUT2D eigenvalue weighted by Crippen LogP contribution is 2.15. The zero-order chi connectivity index (χ0) is 7.40. The molecule has 0 saturated carbocycles. The minimum Gasteiger partial charge on any atom is -0.300 e. The number of halogens is 2. The van der Waals surface area contributed by atoms with E-state index >= 15 is 0 Å². The Hall–Kier alpha value is 0.370. The van der Waals surface area contributed by atoms with Crippen LogP contribution in [0.4, 0.5) is 4.39 Å². The maximum Gasteiger partial charge on any atom is 0.102 e. The first kappa shape index (κ1) is 8.47. The topological polar surface area (TPSA) is 3.24 Å². The van der Waals surface area contributed by atoms with E-state index in [4.69, 9.17) is 0 Å². The fourth-order valence-corrected chi connectivity index (χ4v) is 2.05. The van der Waals surface area contributed by atoms with Crippen LogP contribution in [-0.2, 0) is 0 Å². The highest BCUT2D eigenvalue weighted by atomic mass is 79.9. The van der Waals surface area contributed by atoms with Crippen LogP contribution >= 0.6 is 15.9 Å². The molecule has 0 aromatic rings. The van der Waals surface area contributed by atoms with E-state index in [1.54, 1.807) is 0 Å². The van der Waals surface area contributed by atoms with Crippen molar-refractivity contribution in [2.45, 2.75) is 17.7 Å². The normalized spacial score (nSPS) is 28.8. The van der Waals surface area contributed by atoms with Crippen molar-refractivity contribution < 1.29 is 4.39 Å². The maximum atomic E-state index is 11.8. The summed E-state index contributed by atoms with van der Waals surface area (Å²) in [6.07, 6.45) is 2.44. The van der Waals surface area contributed by atoms with Crippen LogP contribution < -0.4 is 0 Å². The van der Waals surface area contributed by atoms with Gasteiger partial charge in [0.1, 0.15) is 6.67 Å². The van der Waals surface area contributed by atoms with Crippen LogP contribution in [0.15, 0.2) is 0 Å². The fourth-order valence-electron chi connectivity index (χ4n) is 1.32. The Bertz CT molecular complexity index is 97.6. The summed E-state index contributed by atoms with van der Waals surface area (Å²) in [5.74, 6) is 0. The van der Waals surface area contributed by atoms with Gasteiger partial charge in [-0.15, -0.1) is 0 Å². The molecule has 1 atom stereocenters. The summed E-state index contributed by atoms with van der Waals surface area (Å²) in [5, 5.41) is 0. The molecule has 0 N–H and O–H groups in total. The minimum absolute atomic E-state index is 0.209. The van der Waals surface area contributed by atoms with E-state index in [1.807, 2.05) is 0 Å². The lowest BCUT2D eigenvalue weighted by Crippen LogP contribution is -2.36. The summed E-state index contributed by atoms with van der Waals surface area (Å²) in [4.78, 5) is 2.76. The molecule has 3 heteroatoms. The Kier molecular flexibility index (Phi) is 3.63. The largest absolute Gasteiger partial charge is 0.300 e. The number of rotatable bonds is 2. The summed E-state index contributed by atoms with van der Waals surface area (Å²) in [6.45, 7) is 2.50. The summed E-state index contributed by atoms with van der Waals surface area (Å²) < 4.78 is 11.8. The van der Waals surface area contributed by atoms with E-state index < -0.39 is 0 Å². The molecule has 0 bridgehead atoms. The number of alkyl halides is 2. The van der Waals surface area contributed by atoms with Crippen molar-refractivity contribution in [2.24, 2.45) is 0 Å². The van der Waals surface area contributed by atoms with Gasteiger partial charge in [0.2, 0.25) is 0 Å². The van der Waals surface area contributed by atoms with Gasteiger partial charge in [0.05, 0.1) is 0 Å². The number of nitrogens with zero attached hydrogens (tertiary/aromatic N) is 1. The van der Waals surface area contributed by atoms with Crippen molar-refractivity contribution in [3.05, 3.63) is 0 Å². The number of hydrogen-bond acceptors (Lipinski definition) is 1. The average Bonchev–Trinajstić information content (AvgIpc) is 1.88. The second-order valence-electron chi connectivity index (χ2n) is 2.73. The van der Waals surface area contributed by atoms with Crippen LogP contribution in [0.25, 0.3) is 0 Å². The predicted octanol–water partition coefficient (Wildman–Crippen LogP) is 1.82. The second-order valence-corrected chi connectivity index (χ2v) is 4.02. The molecule has 0 aromatic carbocycles. The maximum absolute atomic E-state index is 11.8. The van der Waals surface area contributed by atoms with Gasteiger partial charge in [0, 0.05) is 17.9 Å². The first-order chi connectivity index (χ1) is 4.83. The first-order valence-corrected chi connectivity index (χ1v) is 4.67. The van der Waals surface area contributed by atoms with Crippen molar-refractivity contribution in [1.29, 1.82) is 0 Å². The molecule has 0 aliphatic carbocycles. The highest BCUT2D eigenvalue weighted by molar-refractivity contribution is 9.09. The van der Waals surface area contributed by atoms with Crippen molar-refractivity contribution in [2.75, 3.05) is 26.3 Å². The van der Waals surface area contributed by atoms with E-state index in [2.05, 4.69) is 20.8 Å². The molecule has 1 fully saturated rings. The van der Waals surface area contributed by atoms with Crippen LogP contribution in [-0.4, -0.2) is 36.0 Å². The molecule has 0 amide bonds. The van der Waals surface area contributed by atoms with Crippen LogP contribution in [0.5, 0.6) is 0 Å². The smallest absolute Gasteiger partial charge is 0.102 e. The molecule has 1 aliphatic heterocycles. The summed E-state index contributed by atoms with van der Waals surface area (Å²) >= 11 is 3.53. The monoisotopic (exact) mass is 209 g/mol. The van der Waals surface area contributed by atoms with Crippen LogP contribution in [0, 0.1) is 0 Å². The SMILES string of the molecule is FCCN1CCCC(Br)C1. The van der Waals surface area contributed by atoms with Crippen molar-refractivity contribution >= 4 is 15.9 Å². The van der Waals surface area contributed by atoms with Crippen LogP contribution in [0.1, 0.15) is 12.8 Å². The summed E-state index contributed by atoms with van der Waals surface area (Å²) in [5.41, 5.74) is 0. The molecule has 0 aromatic heterocycles. The number of piperidine rings is 1. The highest BCUT2D eigenvalue weighted by Gasteiger charge is 2.16. The van der Waals surface area contributed by atoms with Gasteiger partial charge in [-0.25, -0.2) is 4.39 Å². The van der Waals surface area contributed by atoms with Gasteiger partial charge in [-0.1, -0.05) is 15.9 Å². The van der Waals surface area contributed by atoms with E-state index in [0.717, 1.165) is 13.1 Å². The zero-order valence-electron chi connectivity index (χ0n) is 6.02. The molecule has 1 unspecified atom stereocenters. The van der Waals surface area contributed by atoms with Crippen molar-refractivity contribution in [3.8, 4) is 0 Å². The van der Waals surface area contributed by atoms with Crippen molar-refractivity contribution in [1.82, 2.24) is 4.90 Å². The lowest BCUT2D eigenvalue weighted by Gasteiger charge is -2.28. The Morgan fingerprint density at radius 2 is 2.40 bits per heavy atom. The third-order valence-electron chi connectivity index (χ3n) is 1.85. The number of likely N-dealkylation sites (tertiary alicyclic amines) is 1. The zero-order valence-corrected chi connectivity index (χ0v) is 7.61. The molecule has 10 heavy (non-hydrogen) atoms. The van der Waals surface area contributed by atoms with Gasteiger partial charge in [0.25, 0.3) is 0 Å². The molecule has 0 radical (unpaired) electrons. The Labute approximate surface area is 69.7 Å². The van der Waals surface area contributed by atoms with Gasteiger partial charge in [-0.3, -0.25) is 4.90 Å². The molecule has 1 saturated heterocycles. The van der Waals surface area contributed by atoms with E-state index in [1.165, 1.54) is 12.8 Å². The third-order valence-corrected chi connectivity index (χ3v) is 2.60. The quantitative estimate of drug-likeness (QED) is 0.628. The fraction of sp³-hybridized carbons (Fsp3) is 1.00. The van der Waals surface area contributed by atoms with E-state index in [0.29, 0.717) is 11.4 Å². The van der Waals surface area contributed by atoms with E-state index in [9.17, 15) is 4.39 Å². The molecule has 1 nitrogen and oxygen atoms in total. The van der Waals surface area contributed by atoms with Gasteiger partial charge in [-0.2, -0.15) is 0 Å². The van der Waals surface area contributed by atoms with Gasteiger partial charge >= 0.3 is 0 Å². The van der Waals surface area contributed by atoms with Gasteiger partial charge < -0.3 is 0 Å². The molecule has 1 aliphatic rings. The summed E-state index contributed by atoms with van der Waals surface area (Å²) in [7, 11) is 0. The Balaban J connectivity index is 2.18. The third kappa shape index (κ3) is 2.54.